The summed E-state index contributed by atoms with van der Waals surface area (Å²) >= 11 is 0. The molecule has 0 radical (unpaired) electrons. The van der Waals surface area contributed by atoms with E-state index in [1.807, 2.05) is 30.3 Å². The predicted octanol–water partition coefficient (Wildman–Crippen LogP) is 4.04. The summed E-state index contributed by atoms with van der Waals surface area (Å²) in [4.78, 5) is 16.5. The van der Waals surface area contributed by atoms with Gasteiger partial charge in [0, 0.05) is 12.7 Å². The van der Waals surface area contributed by atoms with Crippen LogP contribution in [0.3, 0.4) is 0 Å². The van der Waals surface area contributed by atoms with E-state index in [4.69, 9.17) is 4.74 Å². The van der Waals surface area contributed by atoms with Crippen molar-refractivity contribution in [3.8, 4) is 11.6 Å². The minimum absolute atomic E-state index is 0.164. The third-order valence-electron chi connectivity index (χ3n) is 3.13. The van der Waals surface area contributed by atoms with Crippen molar-refractivity contribution in [1.82, 2.24) is 10.3 Å². The fourth-order valence-corrected chi connectivity index (χ4v) is 1.89. The van der Waals surface area contributed by atoms with Gasteiger partial charge in [-0.15, -0.1) is 0 Å². The van der Waals surface area contributed by atoms with Gasteiger partial charge in [-0.05, 0) is 36.1 Å². The van der Waals surface area contributed by atoms with Gasteiger partial charge in [0.1, 0.15) is 11.3 Å². The van der Waals surface area contributed by atoms with Gasteiger partial charge in [-0.3, -0.25) is 4.79 Å². The molecule has 0 aliphatic carbocycles. The van der Waals surface area contributed by atoms with Crippen molar-refractivity contribution >= 4 is 5.91 Å². The quantitative estimate of drug-likeness (QED) is 0.906. The van der Waals surface area contributed by atoms with Crippen LogP contribution in [0.2, 0.25) is 0 Å². The average molecular weight is 298 g/mol. The maximum Gasteiger partial charge on any atom is 0.256 e. The lowest BCUT2D eigenvalue weighted by Crippen LogP contribution is -2.27. The number of benzene rings is 1. The largest absolute Gasteiger partial charge is 0.438 e. The lowest BCUT2D eigenvalue weighted by Gasteiger charge is -2.18. The van der Waals surface area contributed by atoms with Crippen molar-refractivity contribution < 1.29 is 9.53 Å². The maximum atomic E-state index is 12.3. The fourth-order valence-electron chi connectivity index (χ4n) is 1.89. The van der Waals surface area contributed by atoms with Gasteiger partial charge >= 0.3 is 0 Å². The van der Waals surface area contributed by atoms with Crippen molar-refractivity contribution in [1.29, 1.82) is 0 Å². The van der Waals surface area contributed by atoms with Crippen LogP contribution in [0.1, 0.15) is 37.6 Å². The molecule has 2 rings (SSSR count). The molecule has 0 aliphatic rings. The molecule has 4 heteroatoms. The molecule has 0 aliphatic heterocycles. The van der Waals surface area contributed by atoms with Crippen LogP contribution >= 0.6 is 0 Å². The first-order chi connectivity index (χ1) is 10.5. The Kier molecular flexibility index (Phi) is 5.15. The molecule has 0 atom stereocenters. The normalized spacial score (nSPS) is 11.0. The van der Waals surface area contributed by atoms with Gasteiger partial charge in [0.25, 0.3) is 5.91 Å². The molecule has 0 bridgehead atoms. The highest BCUT2D eigenvalue weighted by Gasteiger charge is 2.15. The Morgan fingerprint density at radius 1 is 1.14 bits per heavy atom. The predicted molar refractivity (Wildman–Crippen MR) is 87.2 cm³/mol. The molecule has 4 nitrogen and oxygen atoms in total. The number of carbonyl (C=O) groups excluding carboxylic acids is 1. The van der Waals surface area contributed by atoms with Crippen LogP contribution in [-0.2, 0) is 0 Å². The number of nitrogens with one attached hydrogen (secondary N) is 1. The van der Waals surface area contributed by atoms with E-state index >= 15 is 0 Å². The Balaban J connectivity index is 2.06. The molecule has 0 saturated heterocycles. The van der Waals surface area contributed by atoms with E-state index in [0.717, 1.165) is 6.42 Å². The zero-order chi connectivity index (χ0) is 16.0. The monoisotopic (exact) mass is 298 g/mol. The minimum atomic E-state index is -0.164. The SMILES string of the molecule is CC(C)(C)CCNC(=O)c1cccnc1Oc1ccccc1. The summed E-state index contributed by atoms with van der Waals surface area (Å²) in [7, 11) is 0. The highest BCUT2D eigenvalue weighted by atomic mass is 16.5. The fraction of sp³-hybridized carbons (Fsp3) is 0.333. The molecular formula is C18H22N2O2. The Bertz CT molecular complexity index is 618. The number of pyridine rings is 1. The van der Waals surface area contributed by atoms with Crippen LogP contribution in [0.4, 0.5) is 0 Å². The lowest BCUT2D eigenvalue weighted by molar-refractivity contribution is 0.0946. The van der Waals surface area contributed by atoms with Crippen molar-refractivity contribution in [2.24, 2.45) is 5.41 Å². The van der Waals surface area contributed by atoms with Gasteiger partial charge in [0.05, 0.1) is 0 Å². The summed E-state index contributed by atoms with van der Waals surface area (Å²) in [6, 6.07) is 12.8. The standard InChI is InChI=1S/C18H22N2O2/c1-18(2,3)11-13-19-16(21)15-10-7-12-20-17(15)22-14-8-5-4-6-9-14/h4-10,12H,11,13H2,1-3H3,(H,19,21). The highest BCUT2D eigenvalue weighted by Crippen LogP contribution is 2.22. The smallest absolute Gasteiger partial charge is 0.256 e. The van der Waals surface area contributed by atoms with Gasteiger partial charge in [-0.2, -0.15) is 0 Å². The number of nitrogens with zero attached hydrogens (tertiary/aromatic N) is 1. The summed E-state index contributed by atoms with van der Waals surface area (Å²) in [6.45, 7) is 7.07. The van der Waals surface area contributed by atoms with E-state index in [0.29, 0.717) is 23.7 Å². The summed E-state index contributed by atoms with van der Waals surface area (Å²) in [6.07, 6.45) is 2.53. The summed E-state index contributed by atoms with van der Waals surface area (Å²) < 4.78 is 5.71. The Morgan fingerprint density at radius 3 is 2.55 bits per heavy atom. The van der Waals surface area contributed by atoms with Crippen molar-refractivity contribution in [2.45, 2.75) is 27.2 Å². The van der Waals surface area contributed by atoms with Crippen LogP contribution in [0.15, 0.2) is 48.7 Å². The molecule has 1 aromatic heterocycles. The first kappa shape index (κ1) is 16.0. The zero-order valence-corrected chi connectivity index (χ0v) is 13.3. The Morgan fingerprint density at radius 2 is 1.86 bits per heavy atom. The summed E-state index contributed by atoms with van der Waals surface area (Å²) in [5.74, 6) is 0.815. The molecule has 22 heavy (non-hydrogen) atoms. The zero-order valence-electron chi connectivity index (χ0n) is 13.3. The van der Waals surface area contributed by atoms with E-state index < -0.39 is 0 Å². The number of hydrogen-bond acceptors (Lipinski definition) is 3. The molecule has 0 saturated carbocycles. The third kappa shape index (κ3) is 4.88. The van der Waals surface area contributed by atoms with Crippen LogP contribution in [0.25, 0.3) is 0 Å². The highest BCUT2D eigenvalue weighted by molar-refractivity contribution is 5.96. The maximum absolute atomic E-state index is 12.3. The number of hydrogen-bond donors (Lipinski definition) is 1. The van der Waals surface area contributed by atoms with Gasteiger partial charge in [0.2, 0.25) is 5.88 Å². The van der Waals surface area contributed by atoms with Crippen molar-refractivity contribution in [3.63, 3.8) is 0 Å². The number of para-hydroxylation sites is 1. The van der Waals surface area contributed by atoms with Crippen LogP contribution in [-0.4, -0.2) is 17.4 Å². The second-order valence-electron chi connectivity index (χ2n) is 6.34. The summed E-state index contributed by atoms with van der Waals surface area (Å²) in [5.41, 5.74) is 0.631. The topological polar surface area (TPSA) is 51.2 Å². The van der Waals surface area contributed by atoms with Crippen LogP contribution in [0, 0.1) is 5.41 Å². The average Bonchev–Trinajstić information content (AvgIpc) is 2.47. The summed E-state index contributed by atoms with van der Waals surface area (Å²) in [5, 5.41) is 2.92. The molecule has 2 aromatic rings. The Hall–Kier alpha value is -2.36. The number of rotatable bonds is 5. The van der Waals surface area contributed by atoms with Crippen molar-refractivity contribution in [2.75, 3.05) is 6.54 Å². The molecule has 0 unspecified atom stereocenters. The lowest BCUT2D eigenvalue weighted by atomic mass is 9.92. The molecule has 116 valence electrons. The first-order valence-electron chi connectivity index (χ1n) is 7.42. The van der Waals surface area contributed by atoms with Crippen molar-refractivity contribution in [3.05, 3.63) is 54.2 Å². The van der Waals surface area contributed by atoms with Gasteiger partial charge in [-0.1, -0.05) is 39.0 Å². The van der Waals surface area contributed by atoms with Gasteiger partial charge < -0.3 is 10.1 Å². The van der Waals surface area contributed by atoms with Crippen LogP contribution in [0.5, 0.6) is 11.6 Å². The van der Waals surface area contributed by atoms with E-state index in [1.54, 1.807) is 18.3 Å². The number of carbonyl (C=O) groups is 1. The number of aromatic nitrogens is 1. The molecule has 0 fully saturated rings. The van der Waals surface area contributed by atoms with E-state index in [9.17, 15) is 4.79 Å². The second kappa shape index (κ2) is 7.07. The Labute approximate surface area is 131 Å². The number of amides is 1. The third-order valence-corrected chi connectivity index (χ3v) is 3.13. The van der Waals surface area contributed by atoms with E-state index in [1.165, 1.54) is 0 Å². The minimum Gasteiger partial charge on any atom is -0.438 e. The molecule has 1 N–H and O–H groups in total. The van der Waals surface area contributed by atoms with E-state index in [-0.39, 0.29) is 11.3 Å². The number of ether oxygens (including phenoxy) is 1. The van der Waals surface area contributed by atoms with E-state index in [2.05, 4.69) is 31.1 Å². The molecule has 1 heterocycles. The molecule has 0 spiro atoms. The molecule has 1 aromatic carbocycles. The second-order valence-corrected chi connectivity index (χ2v) is 6.34. The van der Waals surface area contributed by atoms with Gasteiger partial charge in [-0.25, -0.2) is 4.98 Å². The molecule has 1 amide bonds. The van der Waals surface area contributed by atoms with Crippen LogP contribution < -0.4 is 10.1 Å². The van der Waals surface area contributed by atoms with Gasteiger partial charge in [0.15, 0.2) is 0 Å². The first-order valence-corrected chi connectivity index (χ1v) is 7.42. The molecular weight excluding hydrogens is 276 g/mol.